The van der Waals surface area contributed by atoms with Gasteiger partial charge in [0.2, 0.25) is 0 Å². The zero-order valence-corrected chi connectivity index (χ0v) is 14.0. The van der Waals surface area contributed by atoms with Crippen LogP contribution >= 0.6 is 0 Å². The molecule has 0 unspecified atom stereocenters. The van der Waals surface area contributed by atoms with Crippen molar-refractivity contribution in [2.24, 2.45) is 0 Å². The fourth-order valence-corrected chi connectivity index (χ4v) is 2.62. The summed E-state index contributed by atoms with van der Waals surface area (Å²) in [7, 11) is 1.63. The molecule has 0 aliphatic carbocycles. The average Bonchev–Trinajstić information content (AvgIpc) is 2.59. The second-order valence-corrected chi connectivity index (χ2v) is 5.61. The van der Waals surface area contributed by atoms with Crippen molar-refractivity contribution in [1.29, 1.82) is 0 Å². The smallest absolute Gasteiger partial charge is 0.305 e. The first-order valence-electron chi connectivity index (χ1n) is 8.26. The number of para-hydroxylation sites is 1. The van der Waals surface area contributed by atoms with E-state index in [-0.39, 0.29) is 24.8 Å². The molecule has 0 aromatic heterocycles. The summed E-state index contributed by atoms with van der Waals surface area (Å²) < 4.78 is 22.4. The second-order valence-electron chi connectivity index (χ2n) is 5.61. The lowest BCUT2D eigenvalue weighted by atomic mass is 10.1. The van der Waals surface area contributed by atoms with E-state index in [1.807, 2.05) is 31.2 Å². The molecule has 0 radical (unpaired) electrons. The van der Waals surface area contributed by atoms with Crippen molar-refractivity contribution in [1.82, 2.24) is 0 Å². The van der Waals surface area contributed by atoms with Gasteiger partial charge in [-0.2, -0.15) is 0 Å². The number of carbonyl (C=O) groups excluding carboxylic acids is 1. The molecule has 0 amide bonds. The summed E-state index contributed by atoms with van der Waals surface area (Å²) in [5.74, 6) is 0.555. The molecule has 1 atom stereocenters. The fraction of sp³-hybridized carbons (Fsp3) is 0.611. The number of benzene rings is 1. The van der Waals surface area contributed by atoms with Gasteiger partial charge in [-0.1, -0.05) is 25.1 Å². The lowest BCUT2D eigenvalue weighted by Crippen LogP contribution is -2.27. The average molecular weight is 322 g/mol. The molecule has 0 bridgehead atoms. The first kappa shape index (κ1) is 17.8. The lowest BCUT2D eigenvalue weighted by molar-refractivity contribution is -0.152. The maximum absolute atomic E-state index is 11.7. The second kappa shape index (κ2) is 9.53. The highest BCUT2D eigenvalue weighted by molar-refractivity contribution is 5.69. The molecule has 1 fully saturated rings. The van der Waals surface area contributed by atoms with E-state index in [1.165, 1.54) is 0 Å². The van der Waals surface area contributed by atoms with Crippen LogP contribution < -0.4 is 4.74 Å². The minimum Gasteiger partial charge on any atom is -0.496 e. The monoisotopic (exact) mass is 322 g/mol. The number of hydrogen-bond donors (Lipinski definition) is 0. The Kier molecular flexibility index (Phi) is 7.36. The predicted molar refractivity (Wildman–Crippen MR) is 86.5 cm³/mol. The van der Waals surface area contributed by atoms with E-state index in [2.05, 4.69) is 0 Å². The van der Waals surface area contributed by atoms with Crippen molar-refractivity contribution in [3.63, 3.8) is 0 Å². The molecule has 1 heterocycles. The van der Waals surface area contributed by atoms with E-state index >= 15 is 0 Å². The quantitative estimate of drug-likeness (QED) is 0.688. The van der Waals surface area contributed by atoms with Gasteiger partial charge in [0.25, 0.3) is 0 Å². The van der Waals surface area contributed by atoms with Gasteiger partial charge < -0.3 is 18.9 Å². The van der Waals surface area contributed by atoms with Crippen LogP contribution in [0.15, 0.2) is 24.3 Å². The number of rotatable bonds is 8. The van der Waals surface area contributed by atoms with Gasteiger partial charge in [-0.3, -0.25) is 4.79 Å². The first-order valence-corrected chi connectivity index (χ1v) is 8.26. The molecule has 23 heavy (non-hydrogen) atoms. The van der Waals surface area contributed by atoms with Gasteiger partial charge in [-0.25, -0.2) is 0 Å². The molecule has 0 saturated carbocycles. The van der Waals surface area contributed by atoms with Crippen molar-refractivity contribution < 1.29 is 23.7 Å². The summed E-state index contributed by atoms with van der Waals surface area (Å²) in [6.45, 7) is 3.58. The number of ether oxygens (including phenoxy) is 4. The fourth-order valence-electron chi connectivity index (χ4n) is 2.62. The topological polar surface area (TPSA) is 54.0 Å². The van der Waals surface area contributed by atoms with Gasteiger partial charge in [0, 0.05) is 25.2 Å². The van der Waals surface area contributed by atoms with Gasteiger partial charge in [-0.15, -0.1) is 0 Å². The van der Waals surface area contributed by atoms with Crippen LogP contribution in [0.25, 0.3) is 0 Å². The van der Waals surface area contributed by atoms with Crippen LogP contribution in [0, 0.1) is 0 Å². The molecule has 1 aromatic rings. The van der Waals surface area contributed by atoms with Crippen LogP contribution in [0.1, 0.15) is 44.3 Å². The van der Waals surface area contributed by atoms with Crippen molar-refractivity contribution >= 4 is 5.97 Å². The Morgan fingerprint density at radius 2 is 2.04 bits per heavy atom. The van der Waals surface area contributed by atoms with E-state index in [0.717, 1.165) is 30.6 Å². The number of methoxy groups -OCH3 is 1. The van der Waals surface area contributed by atoms with Crippen molar-refractivity contribution in [2.75, 3.05) is 26.9 Å². The SMILES string of the molecule is CCCC(=O)OC[C@H](OC1CCOCC1)c1ccccc1OC. The normalized spacial score (nSPS) is 16.8. The van der Waals surface area contributed by atoms with Crippen molar-refractivity contribution in [3.8, 4) is 5.75 Å². The molecule has 1 aliphatic rings. The summed E-state index contributed by atoms with van der Waals surface area (Å²) in [6, 6.07) is 7.70. The van der Waals surface area contributed by atoms with Crippen LogP contribution in [-0.2, 0) is 19.0 Å². The molecular weight excluding hydrogens is 296 g/mol. The molecule has 2 rings (SSSR count). The van der Waals surface area contributed by atoms with Crippen molar-refractivity contribution in [2.45, 2.75) is 44.8 Å². The highest BCUT2D eigenvalue weighted by Crippen LogP contribution is 2.30. The highest BCUT2D eigenvalue weighted by Gasteiger charge is 2.24. The largest absolute Gasteiger partial charge is 0.496 e. The van der Waals surface area contributed by atoms with Crippen LogP contribution in [0.3, 0.4) is 0 Å². The van der Waals surface area contributed by atoms with Crippen LogP contribution in [0.5, 0.6) is 5.75 Å². The number of esters is 1. The summed E-state index contributed by atoms with van der Waals surface area (Å²) in [5.41, 5.74) is 0.908. The van der Waals surface area contributed by atoms with Gasteiger partial charge in [0.15, 0.2) is 0 Å². The predicted octanol–water partition coefficient (Wildman–Crippen LogP) is 3.28. The minimum absolute atomic E-state index is 0.114. The van der Waals surface area contributed by atoms with E-state index in [4.69, 9.17) is 18.9 Å². The lowest BCUT2D eigenvalue weighted by Gasteiger charge is -2.28. The van der Waals surface area contributed by atoms with E-state index in [0.29, 0.717) is 19.6 Å². The molecular formula is C18H26O5. The maximum atomic E-state index is 11.7. The van der Waals surface area contributed by atoms with Crippen LogP contribution in [0.2, 0.25) is 0 Å². The third-order valence-corrected chi connectivity index (χ3v) is 3.86. The number of hydrogen-bond acceptors (Lipinski definition) is 5. The van der Waals surface area contributed by atoms with Gasteiger partial charge >= 0.3 is 5.97 Å². The molecule has 0 N–H and O–H groups in total. The zero-order chi connectivity index (χ0) is 16.5. The van der Waals surface area contributed by atoms with Crippen LogP contribution in [-0.4, -0.2) is 39.0 Å². The van der Waals surface area contributed by atoms with E-state index in [1.54, 1.807) is 7.11 Å². The summed E-state index contributed by atoms with van der Waals surface area (Å²) in [4.78, 5) is 11.7. The maximum Gasteiger partial charge on any atom is 0.305 e. The minimum atomic E-state index is -0.324. The Morgan fingerprint density at radius 1 is 1.30 bits per heavy atom. The third kappa shape index (κ3) is 5.52. The molecule has 5 nitrogen and oxygen atoms in total. The standard InChI is InChI=1S/C18H26O5/c1-3-6-18(19)22-13-17(23-14-9-11-21-12-10-14)15-7-4-5-8-16(15)20-2/h4-5,7-8,14,17H,3,6,9-13H2,1-2H3/t17-/m0/s1. The Hall–Kier alpha value is -1.59. The Labute approximate surface area is 137 Å². The van der Waals surface area contributed by atoms with Crippen LogP contribution in [0.4, 0.5) is 0 Å². The first-order chi connectivity index (χ1) is 11.2. The van der Waals surface area contributed by atoms with Crippen molar-refractivity contribution in [3.05, 3.63) is 29.8 Å². The Balaban J connectivity index is 2.07. The third-order valence-electron chi connectivity index (χ3n) is 3.86. The number of carbonyl (C=O) groups is 1. The van der Waals surface area contributed by atoms with Gasteiger partial charge in [0.1, 0.15) is 18.5 Å². The molecule has 1 aliphatic heterocycles. The summed E-state index contributed by atoms with van der Waals surface area (Å²) in [6.07, 6.45) is 2.71. The molecule has 128 valence electrons. The summed E-state index contributed by atoms with van der Waals surface area (Å²) in [5, 5.41) is 0. The highest BCUT2D eigenvalue weighted by atomic mass is 16.6. The molecule has 1 saturated heterocycles. The summed E-state index contributed by atoms with van der Waals surface area (Å²) >= 11 is 0. The molecule has 0 spiro atoms. The molecule has 5 heteroatoms. The van der Waals surface area contributed by atoms with Gasteiger partial charge in [-0.05, 0) is 25.3 Å². The van der Waals surface area contributed by atoms with E-state index in [9.17, 15) is 4.79 Å². The van der Waals surface area contributed by atoms with E-state index < -0.39 is 0 Å². The Bertz CT molecular complexity index is 482. The van der Waals surface area contributed by atoms with Gasteiger partial charge in [0.05, 0.1) is 13.2 Å². The molecule has 1 aromatic carbocycles. The Morgan fingerprint density at radius 3 is 2.74 bits per heavy atom. The zero-order valence-electron chi connectivity index (χ0n) is 14.0.